The number of nitrogens with zero attached hydrogens (tertiary/aromatic N) is 1. The molecule has 1 unspecified atom stereocenters. The van der Waals surface area contributed by atoms with Crippen LogP contribution in [0.25, 0.3) is 0 Å². The van der Waals surface area contributed by atoms with Gasteiger partial charge in [-0.05, 0) is 12.8 Å². The van der Waals surface area contributed by atoms with Crippen LogP contribution < -0.4 is 0 Å². The van der Waals surface area contributed by atoms with E-state index in [0.717, 1.165) is 25.7 Å². The van der Waals surface area contributed by atoms with Crippen molar-refractivity contribution in [3.8, 4) is 0 Å². The molecule has 0 saturated carbocycles. The van der Waals surface area contributed by atoms with E-state index >= 15 is 0 Å². The average Bonchev–Trinajstić information content (AvgIpc) is 2.50. The molecule has 0 bridgehead atoms. The Hall–Kier alpha value is 0.0700. The number of hydrogen-bond donors (Lipinski definition) is 0. The average molecular weight is 333 g/mol. The van der Waals surface area contributed by atoms with Crippen molar-refractivity contribution >= 4 is 11.3 Å². The summed E-state index contributed by atoms with van der Waals surface area (Å²) in [7, 11) is 0. The largest absolute Gasteiger partial charge is 0.760 e. The van der Waals surface area contributed by atoms with Crippen LogP contribution in [-0.4, -0.2) is 26.2 Å². The molecule has 3 nitrogen and oxygen atoms in total. The first-order chi connectivity index (χ1) is 10.7. The fourth-order valence-electron chi connectivity index (χ4n) is 2.75. The highest BCUT2D eigenvalue weighted by Crippen LogP contribution is 2.10. The first kappa shape index (κ1) is 22.1. The maximum absolute atomic E-state index is 11.2. The molecular formula is C18H38NO2S-. The summed E-state index contributed by atoms with van der Waals surface area (Å²) in [5.74, 6) is 0. The summed E-state index contributed by atoms with van der Waals surface area (Å²) in [6, 6.07) is 0. The van der Waals surface area contributed by atoms with Crippen LogP contribution in [0.1, 0.15) is 104 Å². The van der Waals surface area contributed by atoms with Gasteiger partial charge in [-0.15, -0.1) is 0 Å². The van der Waals surface area contributed by atoms with Gasteiger partial charge in [0.1, 0.15) is 0 Å². The zero-order valence-corrected chi connectivity index (χ0v) is 15.8. The Morgan fingerprint density at radius 3 is 1.27 bits per heavy atom. The van der Waals surface area contributed by atoms with E-state index in [1.807, 2.05) is 0 Å². The summed E-state index contributed by atoms with van der Waals surface area (Å²) in [5, 5.41) is 0. The second-order valence-corrected chi connectivity index (χ2v) is 7.34. The van der Waals surface area contributed by atoms with E-state index in [4.69, 9.17) is 0 Å². The minimum Gasteiger partial charge on any atom is -0.760 e. The predicted octanol–water partition coefficient (Wildman–Crippen LogP) is 5.58. The molecule has 0 aromatic carbocycles. The molecule has 0 amide bonds. The second-order valence-electron chi connectivity index (χ2n) is 6.39. The Morgan fingerprint density at radius 2 is 0.955 bits per heavy atom. The van der Waals surface area contributed by atoms with E-state index in [2.05, 4.69) is 13.8 Å². The summed E-state index contributed by atoms with van der Waals surface area (Å²) in [4.78, 5) is 0. The van der Waals surface area contributed by atoms with Gasteiger partial charge >= 0.3 is 0 Å². The summed E-state index contributed by atoms with van der Waals surface area (Å²) in [5.41, 5.74) is 0. The van der Waals surface area contributed by atoms with Crippen LogP contribution in [0, 0.1) is 0 Å². The number of rotatable bonds is 17. The molecule has 4 heteroatoms. The van der Waals surface area contributed by atoms with E-state index in [1.165, 1.54) is 64.2 Å². The van der Waals surface area contributed by atoms with Crippen LogP contribution in [-0.2, 0) is 11.3 Å². The molecule has 0 heterocycles. The van der Waals surface area contributed by atoms with Crippen LogP contribution in [0.15, 0.2) is 0 Å². The molecule has 0 spiro atoms. The molecule has 22 heavy (non-hydrogen) atoms. The highest BCUT2D eigenvalue weighted by Gasteiger charge is 2.04. The molecule has 0 N–H and O–H groups in total. The lowest BCUT2D eigenvalue weighted by molar-refractivity contribution is 0.366. The van der Waals surface area contributed by atoms with Crippen LogP contribution in [0.4, 0.5) is 0 Å². The fraction of sp³-hybridized carbons (Fsp3) is 1.00. The molecule has 0 rings (SSSR count). The van der Waals surface area contributed by atoms with Gasteiger partial charge in [0.25, 0.3) is 0 Å². The van der Waals surface area contributed by atoms with Crippen LogP contribution >= 0.6 is 0 Å². The molecule has 0 aliphatic carbocycles. The highest BCUT2D eigenvalue weighted by atomic mass is 32.2. The van der Waals surface area contributed by atoms with Gasteiger partial charge in [0, 0.05) is 24.4 Å². The van der Waals surface area contributed by atoms with Crippen molar-refractivity contribution in [2.45, 2.75) is 104 Å². The lowest BCUT2D eigenvalue weighted by atomic mass is 10.1. The quantitative estimate of drug-likeness (QED) is 0.258. The zero-order valence-electron chi connectivity index (χ0n) is 15.0. The predicted molar refractivity (Wildman–Crippen MR) is 96.5 cm³/mol. The smallest absolute Gasteiger partial charge is 0.0209 e. The summed E-state index contributed by atoms with van der Waals surface area (Å²) in [6.07, 6.45) is 17.3. The van der Waals surface area contributed by atoms with Crippen molar-refractivity contribution in [1.29, 1.82) is 0 Å². The zero-order chi connectivity index (χ0) is 16.5. The van der Waals surface area contributed by atoms with Gasteiger partial charge in [-0.2, -0.15) is 0 Å². The van der Waals surface area contributed by atoms with Gasteiger partial charge in [0.05, 0.1) is 0 Å². The standard InChI is InChI=1S/C18H39NO2S/c1-3-5-7-9-11-13-15-17-19(22(20)21)18-16-14-12-10-8-6-4-2/h3-18H2,1-2H3,(H,20,21)/p-1. The maximum atomic E-state index is 11.2. The Kier molecular flexibility index (Phi) is 17.5. The van der Waals surface area contributed by atoms with Crippen LogP contribution in [0.5, 0.6) is 0 Å². The first-order valence-electron chi connectivity index (χ1n) is 9.56. The van der Waals surface area contributed by atoms with Crippen molar-refractivity contribution < 1.29 is 8.76 Å². The Morgan fingerprint density at radius 1 is 0.636 bits per heavy atom. The number of hydrogen-bond acceptors (Lipinski definition) is 2. The summed E-state index contributed by atoms with van der Waals surface area (Å²) in [6.45, 7) is 5.87. The van der Waals surface area contributed by atoms with Crippen molar-refractivity contribution in [2.75, 3.05) is 13.1 Å². The van der Waals surface area contributed by atoms with E-state index in [0.29, 0.717) is 13.1 Å². The van der Waals surface area contributed by atoms with Gasteiger partial charge in [-0.3, -0.25) is 4.21 Å². The number of unbranched alkanes of at least 4 members (excludes halogenated alkanes) is 12. The fourth-order valence-corrected chi connectivity index (χ4v) is 3.31. The molecule has 0 fully saturated rings. The molecular weight excluding hydrogens is 294 g/mol. The van der Waals surface area contributed by atoms with Gasteiger partial charge in [0.2, 0.25) is 0 Å². The summed E-state index contributed by atoms with van der Waals surface area (Å²) < 4.78 is 24.1. The van der Waals surface area contributed by atoms with Gasteiger partial charge in [-0.1, -0.05) is 90.9 Å². The van der Waals surface area contributed by atoms with E-state index in [9.17, 15) is 8.76 Å². The van der Waals surface area contributed by atoms with Crippen molar-refractivity contribution in [1.82, 2.24) is 4.31 Å². The molecule has 0 aromatic rings. The molecule has 134 valence electrons. The Labute approximate surface area is 141 Å². The van der Waals surface area contributed by atoms with E-state index in [1.54, 1.807) is 4.31 Å². The van der Waals surface area contributed by atoms with Crippen LogP contribution in [0.2, 0.25) is 0 Å². The molecule has 0 radical (unpaired) electrons. The van der Waals surface area contributed by atoms with Gasteiger partial charge < -0.3 is 4.55 Å². The first-order valence-corrected chi connectivity index (χ1v) is 10.6. The molecule has 0 aliphatic rings. The lowest BCUT2D eigenvalue weighted by Crippen LogP contribution is -2.28. The minimum absolute atomic E-state index is 0.708. The maximum Gasteiger partial charge on any atom is 0.0209 e. The normalized spacial score (nSPS) is 12.9. The molecule has 1 atom stereocenters. The Balaban J connectivity index is 3.51. The van der Waals surface area contributed by atoms with Crippen molar-refractivity contribution in [2.24, 2.45) is 0 Å². The van der Waals surface area contributed by atoms with E-state index in [-0.39, 0.29) is 0 Å². The highest BCUT2D eigenvalue weighted by molar-refractivity contribution is 7.76. The third-order valence-electron chi connectivity index (χ3n) is 4.23. The second kappa shape index (κ2) is 17.4. The monoisotopic (exact) mass is 332 g/mol. The SMILES string of the molecule is CCCCCCCCCN(CCCCCCCCC)S(=O)[O-]. The van der Waals surface area contributed by atoms with Crippen LogP contribution in [0.3, 0.4) is 0 Å². The summed E-state index contributed by atoms with van der Waals surface area (Å²) >= 11 is -2.04. The minimum atomic E-state index is -2.04. The lowest BCUT2D eigenvalue weighted by Gasteiger charge is -2.24. The molecule has 0 aromatic heterocycles. The Bertz CT molecular complexity index is 231. The van der Waals surface area contributed by atoms with Gasteiger partial charge in [0.15, 0.2) is 0 Å². The molecule has 0 saturated heterocycles. The third kappa shape index (κ3) is 15.0. The third-order valence-corrected chi connectivity index (χ3v) is 5.02. The topological polar surface area (TPSA) is 43.4 Å². The van der Waals surface area contributed by atoms with Gasteiger partial charge in [-0.25, -0.2) is 4.31 Å². The van der Waals surface area contributed by atoms with E-state index < -0.39 is 11.3 Å². The van der Waals surface area contributed by atoms with Crippen molar-refractivity contribution in [3.05, 3.63) is 0 Å². The van der Waals surface area contributed by atoms with Crippen molar-refractivity contribution in [3.63, 3.8) is 0 Å². The molecule has 0 aliphatic heterocycles.